The third kappa shape index (κ3) is 3.56. The second kappa shape index (κ2) is 8.54. The predicted molar refractivity (Wildman–Crippen MR) is 119 cm³/mol. The van der Waals surface area contributed by atoms with Crippen LogP contribution in [0.25, 0.3) is 0 Å². The predicted octanol–water partition coefficient (Wildman–Crippen LogP) is 6.11. The number of hydrogen-bond acceptors (Lipinski definition) is 4. The highest BCUT2D eigenvalue weighted by molar-refractivity contribution is 5.62. The molecule has 0 N–H and O–H groups in total. The summed E-state index contributed by atoms with van der Waals surface area (Å²) in [5, 5.41) is 0. The molecule has 7 heteroatoms. The normalized spacial score (nSPS) is 19.7. The number of fused-ring (bicyclic) bond motifs is 1. The van der Waals surface area contributed by atoms with E-state index in [2.05, 4.69) is 0 Å². The molecule has 0 amide bonds. The van der Waals surface area contributed by atoms with Gasteiger partial charge in [0.05, 0.1) is 28.4 Å². The fourth-order valence-corrected chi connectivity index (χ4v) is 4.87. The lowest BCUT2D eigenvalue weighted by Crippen LogP contribution is -2.41. The van der Waals surface area contributed by atoms with Gasteiger partial charge in [-0.05, 0) is 52.9 Å². The van der Waals surface area contributed by atoms with Crippen LogP contribution in [-0.4, -0.2) is 34.6 Å². The molecule has 2 unspecified atom stereocenters. The zero-order valence-corrected chi connectivity index (χ0v) is 18.8. The molecule has 4 nitrogen and oxygen atoms in total. The lowest BCUT2D eigenvalue weighted by Gasteiger charge is -2.34. The SMILES string of the molecule is COc1ccc(C2(C(F)(F)F)CC(c3ccccc3)c3cc(OC)c(OC)cc32)cc1OC. The Kier molecular flexibility index (Phi) is 5.91. The van der Waals surface area contributed by atoms with Gasteiger partial charge in [0, 0.05) is 5.92 Å². The first-order chi connectivity index (χ1) is 15.8. The molecule has 0 radical (unpaired) electrons. The Bertz CT molecular complexity index is 1140. The van der Waals surface area contributed by atoms with Gasteiger partial charge in [0.1, 0.15) is 5.41 Å². The van der Waals surface area contributed by atoms with Crippen molar-refractivity contribution >= 4 is 0 Å². The molecule has 0 saturated carbocycles. The maximum Gasteiger partial charge on any atom is 0.402 e. The van der Waals surface area contributed by atoms with Gasteiger partial charge in [-0.25, -0.2) is 0 Å². The molecule has 174 valence electrons. The number of methoxy groups -OCH3 is 4. The Morgan fingerprint density at radius 3 is 1.88 bits per heavy atom. The number of alkyl halides is 3. The van der Waals surface area contributed by atoms with Crippen LogP contribution in [0.3, 0.4) is 0 Å². The maximum absolute atomic E-state index is 15.2. The third-order valence-electron chi connectivity index (χ3n) is 6.46. The molecular weight excluding hydrogens is 433 g/mol. The van der Waals surface area contributed by atoms with Gasteiger partial charge in [0.15, 0.2) is 23.0 Å². The minimum Gasteiger partial charge on any atom is -0.493 e. The van der Waals surface area contributed by atoms with Crippen LogP contribution >= 0.6 is 0 Å². The van der Waals surface area contributed by atoms with E-state index in [4.69, 9.17) is 18.9 Å². The van der Waals surface area contributed by atoms with Crippen molar-refractivity contribution in [2.45, 2.75) is 23.9 Å². The molecule has 0 saturated heterocycles. The van der Waals surface area contributed by atoms with Gasteiger partial charge in [-0.1, -0.05) is 36.4 Å². The fraction of sp³-hybridized carbons (Fsp3) is 0.308. The Morgan fingerprint density at radius 2 is 1.30 bits per heavy atom. The zero-order chi connectivity index (χ0) is 23.8. The van der Waals surface area contributed by atoms with Crippen molar-refractivity contribution in [1.82, 2.24) is 0 Å². The van der Waals surface area contributed by atoms with E-state index in [-0.39, 0.29) is 29.0 Å². The largest absolute Gasteiger partial charge is 0.493 e. The number of hydrogen-bond donors (Lipinski definition) is 0. The maximum atomic E-state index is 15.2. The number of ether oxygens (including phenoxy) is 4. The number of halogens is 3. The summed E-state index contributed by atoms with van der Waals surface area (Å²) in [4.78, 5) is 0. The highest BCUT2D eigenvalue weighted by atomic mass is 19.4. The van der Waals surface area contributed by atoms with E-state index in [1.165, 1.54) is 52.7 Å². The number of rotatable bonds is 6. The molecule has 4 rings (SSSR count). The summed E-state index contributed by atoms with van der Waals surface area (Å²) < 4.78 is 66.9. The molecular formula is C26H25F3O4. The second-order valence-corrected chi connectivity index (χ2v) is 7.93. The first-order valence-corrected chi connectivity index (χ1v) is 10.4. The first kappa shape index (κ1) is 22.8. The molecule has 33 heavy (non-hydrogen) atoms. The molecule has 3 aromatic rings. The fourth-order valence-electron chi connectivity index (χ4n) is 4.87. The van der Waals surface area contributed by atoms with Crippen LogP contribution in [0.15, 0.2) is 60.7 Å². The van der Waals surface area contributed by atoms with Gasteiger partial charge in [0.25, 0.3) is 0 Å². The van der Waals surface area contributed by atoms with Crippen molar-refractivity contribution < 1.29 is 32.1 Å². The molecule has 0 fully saturated rings. The minimum absolute atomic E-state index is 0.0829. The van der Waals surface area contributed by atoms with Gasteiger partial charge < -0.3 is 18.9 Å². The summed E-state index contributed by atoms with van der Waals surface area (Å²) in [5.74, 6) is 0.754. The Balaban J connectivity index is 2.05. The van der Waals surface area contributed by atoms with Crippen LogP contribution in [0, 0.1) is 0 Å². The van der Waals surface area contributed by atoms with Gasteiger partial charge in [-0.3, -0.25) is 0 Å². The summed E-state index contributed by atoms with van der Waals surface area (Å²) >= 11 is 0. The Labute approximate surface area is 190 Å². The summed E-state index contributed by atoms with van der Waals surface area (Å²) in [7, 11) is 5.75. The molecule has 0 heterocycles. The molecule has 0 aliphatic heterocycles. The van der Waals surface area contributed by atoms with E-state index in [1.807, 2.05) is 30.3 Å². The first-order valence-electron chi connectivity index (χ1n) is 10.4. The van der Waals surface area contributed by atoms with Gasteiger partial charge >= 0.3 is 6.18 Å². The summed E-state index contributed by atoms with van der Waals surface area (Å²) in [6, 6.07) is 16.7. The van der Waals surface area contributed by atoms with Crippen molar-refractivity contribution in [2.75, 3.05) is 28.4 Å². The third-order valence-corrected chi connectivity index (χ3v) is 6.46. The van der Waals surface area contributed by atoms with E-state index in [0.29, 0.717) is 17.1 Å². The molecule has 0 bridgehead atoms. The lowest BCUT2D eigenvalue weighted by molar-refractivity contribution is -0.178. The molecule has 0 spiro atoms. The molecule has 2 atom stereocenters. The average Bonchev–Trinajstić information content (AvgIpc) is 3.18. The lowest BCUT2D eigenvalue weighted by atomic mass is 9.73. The molecule has 0 aromatic heterocycles. The average molecular weight is 458 g/mol. The minimum atomic E-state index is -4.59. The monoisotopic (exact) mass is 458 g/mol. The molecule has 1 aliphatic rings. The van der Waals surface area contributed by atoms with E-state index >= 15 is 13.2 Å². The van der Waals surface area contributed by atoms with E-state index in [0.717, 1.165) is 5.56 Å². The quantitative estimate of drug-likeness (QED) is 0.447. The zero-order valence-electron chi connectivity index (χ0n) is 18.8. The number of benzene rings is 3. The Hall–Kier alpha value is -3.35. The molecule has 3 aromatic carbocycles. The van der Waals surface area contributed by atoms with Crippen LogP contribution in [0.2, 0.25) is 0 Å². The van der Waals surface area contributed by atoms with Crippen molar-refractivity contribution in [3.63, 3.8) is 0 Å². The highest BCUT2D eigenvalue weighted by Gasteiger charge is 2.62. The van der Waals surface area contributed by atoms with Crippen molar-refractivity contribution in [3.05, 3.63) is 82.9 Å². The van der Waals surface area contributed by atoms with Crippen LogP contribution in [-0.2, 0) is 5.41 Å². The van der Waals surface area contributed by atoms with Gasteiger partial charge in [0.2, 0.25) is 0 Å². The van der Waals surface area contributed by atoms with E-state index < -0.39 is 17.5 Å². The highest BCUT2D eigenvalue weighted by Crippen LogP contribution is 2.61. The summed E-state index contributed by atoms with van der Waals surface area (Å²) in [6.07, 6.45) is -4.79. The van der Waals surface area contributed by atoms with Crippen LogP contribution in [0.5, 0.6) is 23.0 Å². The van der Waals surface area contributed by atoms with Gasteiger partial charge in [-0.2, -0.15) is 13.2 Å². The van der Waals surface area contributed by atoms with Crippen molar-refractivity contribution in [1.29, 1.82) is 0 Å². The Morgan fingerprint density at radius 1 is 0.727 bits per heavy atom. The second-order valence-electron chi connectivity index (χ2n) is 7.93. The van der Waals surface area contributed by atoms with Gasteiger partial charge in [-0.15, -0.1) is 0 Å². The standard InChI is InChI=1S/C26H25F3O4/c1-30-21-11-10-17(12-22(21)31-2)25(26(27,28)29)15-19(16-8-6-5-7-9-16)18-13-23(32-3)24(33-4)14-20(18)25/h5-14,19H,15H2,1-4H3. The van der Waals surface area contributed by atoms with Crippen LogP contribution < -0.4 is 18.9 Å². The van der Waals surface area contributed by atoms with Crippen LogP contribution in [0.4, 0.5) is 13.2 Å². The summed E-state index contributed by atoms with van der Waals surface area (Å²) in [5.41, 5.74) is -0.682. The van der Waals surface area contributed by atoms with Crippen molar-refractivity contribution in [2.24, 2.45) is 0 Å². The van der Waals surface area contributed by atoms with Crippen LogP contribution in [0.1, 0.15) is 34.6 Å². The summed E-state index contributed by atoms with van der Waals surface area (Å²) in [6.45, 7) is 0. The topological polar surface area (TPSA) is 36.9 Å². The molecule has 1 aliphatic carbocycles. The van der Waals surface area contributed by atoms with E-state index in [1.54, 1.807) is 6.07 Å². The van der Waals surface area contributed by atoms with E-state index in [9.17, 15) is 0 Å². The van der Waals surface area contributed by atoms with Crippen molar-refractivity contribution in [3.8, 4) is 23.0 Å². The smallest absolute Gasteiger partial charge is 0.402 e.